The molecular formula is C16H17O2Se. The molecule has 0 amide bonds. The average Bonchev–Trinajstić information content (AvgIpc) is 2.48. The monoisotopic (exact) mass is 321 g/mol. The third kappa shape index (κ3) is 3.69. The summed E-state index contributed by atoms with van der Waals surface area (Å²) in [5.74, 6) is 3.30. The van der Waals surface area contributed by atoms with Crippen molar-refractivity contribution in [2.45, 2.75) is 11.1 Å². The number of methoxy groups -OCH3 is 1. The van der Waals surface area contributed by atoms with Crippen molar-refractivity contribution in [1.82, 2.24) is 0 Å². The van der Waals surface area contributed by atoms with Gasteiger partial charge >= 0.3 is 118 Å². The van der Waals surface area contributed by atoms with Gasteiger partial charge in [-0.1, -0.05) is 0 Å². The van der Waals surface area contributed by atoms with Crippen molar-refractivity contribution in [3.05, 3.63) is 60.2 Å². The van der Waals surface area contributed by atoms with E-state index in [9.17, 15) is 4.79 Å². The van der Waals surface area contributed by atoms with E-state index in [0.717, 1.165) is 11.3 Å². The fraction of sp³-hybridized carbons (Fsp3) is 0.188. The van der Waals surface area contributed by atoms with Crippen LogP contribution in [0.2, 0.25) is 11.1 Å². The number of ketones is 1. The van der Waals surface area contributed by atoms with Crippen LogP contribution in [0.1, 0.15) is 10.4 Å². The first kappa shape index (κ1) is 13.9. The van der Waals surface area contributed by atoms with Crippen LogP contribution in [0.4, 0.5) is 0 Å². The van der Waals surface area contributed by atoms with Crippen LogP contribution in [-0.4, -0.2) is 26.8 Å². The van der Waals surface area contributed by atoms with Gasteiger partial charge < -0.3 is 0 Å². The molecule has 0 saturated heterocycles. The summed E-state index contributed by atoms with van der Waals surface area (Å²) in [5.41, 5.74) is 0.812. The zero-order valence-electron chi connectivity index (χ0n) is 11.1. The van der Waals surface area contributed by atoms with E-state index in [-0.39, 0.29) is 5.78 Å². The van der Waals surface area contributed by atoms with Crippen LogP contribution in [0.25, 0.3) is 0 Å². The number of benzene rings is 2. The fourth-order valence-electron chi connectivity index (χ4n) is 1.80. The van der Waals surface area contributed by atoms with E-state index in [0.29, 0.717) is 5.32 Å². The molecule has 0 unspecified atom stereocenters. The summed E-state index contributed by atoms with van der Waals surface area (Å²) in [6.07, 6.45) is 0. The topological polar surface area (TPSA) is 26.3 Å². The molecule has 0 N–H and O–H groups in total. The summed E-state index contributed by atoms with van der Waals surface area (Å²) >= 11 is -1.08. The third-order valence-corrected chi connectivity index (χ3v) is 6.62. The standard InChI is InChI=1S/C16H17O2Se/c1-18-14-8-10-15(11-9-14)19(2)12-16(17)13-6-4-3-5-7-13/h3-11H,12H2,1-2H3. The molecule has 2 nitrogen and oxygen atoms in total. The normalized spacial score (nSPS) is 10.5. The Bertz CT molecular complexity index is 534. The molecule has 19 heavy (non-hydrogen) atoms. The Morgan fingerprint density at radius 3 is 2.26 bits per heavy atom. The molecule has 99 valence electrons. The van der Waals surface area contributed by atoms with Gasteiger partial charge in [-0.2, -0.15) is 0 Å². The molecule has 0 fully saturated rings. The molecule has 0 spiro atoms. The van der Waals surface area contributed by atoms with Crippen LogP contribution in [0.5, 0.6) is 5.75 Å². The number of carbonyl (C=O) groups is 1. The number of carbonyl (C=O) groups excluding carboxylic acids is 1. The minimum absolute atomic E-state index is 0.240. The van der Waals surface area contributed by atoms with Crippen molar-refractivity contribution in [3.8, 4) is 5.75 Å². The Morgan fingerprint density at radius 1 is 1.05 bits per heavy atom. The first-order chi connectivity index (χ1) is 9.20. The van der Waals surface area contributed by atoms with Crippen LogP contribution >= 0.6 is 0 Å². The fourth-order valence-corrected chi connectivity index (χ4v) is 4.58. The van der Waals surface area contributed by atoms with Crippen molar-refractivity contribution in [3.63, 3.8) is 0 Å². The van der Waals surface area contributed by atoms with Crippen LogP contribution < -0.4 is 9.20 Å². The van der Waals surface area contributed by atoms with Crippen molar-refractivity contribution in [1.29, 1.82) is 0 Å². The first-order valence-corrected chi connectivity index (χ1v) is 9.83. The number of Topliss-reactive ketones (excluding diaryl/α,β-unsaturated/α-hetero) is 1. The molecule has 0 atom stereocenters. The van der Waals surface area contributed by atoms with Crippen molar-refractivity contribution in [2.24, 2.45) is 0 Å². The summed E-state index contributed by atoms with van der Waals surface area (Å²) in [5, 5.41) is 0.649. The molecule has 2 aromatic rings. The van der Waals surface area contributed by atoms with Crippen LogP contribution in [0.15, 0.2) is 54.6 Å². The predicted molar refractivity (Wildman–Crippen MR) is 79.8 cm³/mol. The van der Waals surface area contributed by atoms with E-state index in [2.05, 4.69) is 18.0 Å². The Balaban J connectivity index is 2.04. The summed E-state index contributed by atoms with van der Waals surface area (Å²) in [6, 6.07) is 17.6. The number of rotatable bonds is 5. The van der Waals surface area contributed by atoms with Gasteiger partial charge in [-0.05, 0) is 0 Å². The maximum atomic E-state index is 12.2. The molecule has 0 bridgehead atoms. The molecule has 0 aliphatic rings. The first-order valence-electron chi connectivity index (χ1n) is 6.05. The molecule has 2 rings (SSSR count). The summed E-state index contributed by atoms with van der Waals surface area (Å²) in [7, 11) is 1.66. The van der Waals surface area contributed by atoms with Crippen molar-refractivity contribution >= 4 is 24.1 Å². The molecular weight excluding hydrogens is 303 g/mol. The Labute approximate surface area is 118 Å². The van der Waals surface area contributed by atoms with Gasteiger partial charge in [0.25, 0.3) is 0 Å². The molecule has 0 aliphatic carbocycles. The van der Waals surface area contributed by atoms with Gasteiger partial charge in [0.2, 0.25) is 0 Å². The Kier molecular flexibility index (Phi) is 4.78. The van der Waals surface area contributed by atoms with Crippen molar-refractivity contribution < 1.29 is 9.53 Å². The van der Waals surface area contributed by atoms with Crippen LogP contribution in [0, 0.1) is 0 Å². The van der Waals surface area contributed by atoms with E-state index < -0.39 is 13.9 Å². The molecule has 0 aliphatic heterocycles. The van der Waals surface area contributed by atoms with Gasteiger partial charge in [0.1, 0.15) is 0 Å². The SMILES string of the molecule is COc1ccc([Se](C)CC(=O)c2ccccc2)cc1. The summed E-state index contributed by atoms with van der Waals surface area (Å²) in [4.78, 5) is 12.2. The second-order valence-electron chi connectivity index (χ2n) is 4.25. The van der Waals surface area contributed by atoms with E-state index in [1.807, 2.05) is 42.5 Å². The summed E-state index contributed by atoms with van der Waals surface area (Å²) < 4.78 is 6.43. The van der Waals surface area contributed by atoms with E-state index in [1.54, 1.807) is 7.11 Å². The van der Waals surface area contributed by atoms with Crippen LogP contribution in [0.3, 0.4) is 0 Å². The molecule has 1 radical (unpaired) electrons. The zero-order chi connectivity index (χ0) is 13.7. The number of ether oxygens (including phenoxy) is 1. The molecule has 0 saturated carbocycles. The van der Waals surface area contributed by atoms with Gasteiger partial charge in [0, 0.05) is 0 Å². The van der Waals surface area contributed by atoms with E-state index >= 15 is 0 Å². The quantitative estimate of drug-likeness (QED) is 0.625. The van der Waals surface area contributed by atoms with Gasteiger partial charge in [0.05, 0.1) is 0 Å². The van der Waals surface area contributed by atoms with Gasteiger partial charge in [-0.3, -0.25) is 0 Å². The third-order valence-electron chi connectivity index (χ3n) is 2.91. The van der Waals surface area contributed by atoms with E-state index in [1.165, 1.54) is 4.46 Å². The molecule has 0 aromatic heterocycles. The van der Waals surface area contributed by atoms with Gasteiger partial charge in [-0.15, -0.1) is 0 Å². The molecule has 0 heterocycles. The van der Waals surface area contributed by atoms with Crippen LogP contribution in [-0.2, 0) is 0 Å². The van der Waals surface area contributed by atoms with Crippen molar-refractivity contribution in [2.75, 3.05) is 7.11 Å². The average molecular weight is 320 g/mol. The number of hydrogen-bond acceptors (Lipinski definition) is 2. The molecule has 2 aromatic carbocycles. The maximum absolute atomic E-state index is 12.2. The second kappa shape index (κ2) is 6.55. The Morgan fingerprint density at radius 2 is 1.68 bits per heavy atom. The molecule has 3 heteroatoms. The van der Waals surface area contributed by atoms with Gasteiger partial charge in [0.15, 0.2) is 0 Å². The zero-order valence-corrected chi connectivity index (χ0v) is 12.8. The Hall–Kier alpha value is -1.57. The number of hydrogen-bond donors (Lipinski definition) is 0. The van der Waals surface area contributed by atoms with E-state index in [4.69, 9.17) is 4.74 Å². The minimum atomic E-state index is -1.08. The predicted octanol–water partition coefficient (Wildman–Crippen LogP) is 2.91. The van der Waals surface area contributed by atoms with Gasteiger partial charge in [-0.25, -0.2) is 0 Å². The second-order valence-corrected chi connectivity index (χ2v) is 8.51. The summed E-state index contributed by atoms with van der Waals surface area (Å²) in [6.45, 7) is 0.